The summed E-state index contributed by atoms with van der Waals surface area (Å²) in [5.74, 6) is 0.789. The first-order valence-corrected chi connectivity index (χ1v) is 24.1. The molecule has 0 N–H and O–H groups in total. The van der Waals surface area contributed by atoms with Gasteiger partial charge in [-0.25, -0.2) is 0 Å². The molecule has 0 aromatic heterocycles. The fraction of sp³-hybridized carbons (Fsp3) is 0.169. The van der Waals surface area contributed by atoms with Gasteiger partial charge < -0.3 is 4.90 Å². The van der Waals surface area contributed by atoms with Crippen molar-refractivity contribution in [2.75, 3.05) is 4.90 Å². The van der Waals surface area contributed by atoms with E-state index in [4.69, 9.17) is 0 Å². The molecule has 324 valence electrons. The second-order valence-electron chi connectivity index (χ2n) is 18.1. The van der Waals surface area contributed by atoms with Gasteiger partial charge in [-0.1, -0.05) is 188 Å². The molecule has 0 saturated carbocycles. The van der Waals surface area contributed by atoms with Crippen molar-refractivity contribution in [3.05, 3.63) is 263 Å². The molecule has 2 atom stereocenters. The summed E-state index contributed by atoms with van der Waals surface area (Å²) in [6, 6.07) is 65.3. The van der Waals surface area contributed by atoms with Crippen molar-refractivity contribution in [3.63, 3.8) is 0 Å². The van der Waals surface area contributed by atoms with Crippen LogP contribution in [0, 0.1) is 5.92 Å². The van der Waals surface area contributed by atoms with E-state index in [-0.39, 0.29) is 0 Å². The summed E-state index contributed by atoms with van der Waals surface area (Å²) in [5.41, 5.74) is 22.2. The minimum atomic E-state index is 0.330. The van der Waals surface area contributed by atoms with Crippen molar-refractivity contribution < 1.29 is 0 Å². The number of benzene rings is 7. The molecule has 0 saturated heterocycles. The predicted molar refractivity (Wildman–Crippen MR) is 283 cm³/mol. The third-order valence-electron chi connectivity index (χ3n) is 14.0. The van der Waals surface area contributed by atoms with Gasteiger partial charge in [-0.2, -0.15) is 0 Å². The van der Waals surface area contributed by atoms with Crippen molar-refractivity contribution in [1.82, 2.24) is 0 Å². The van der Waals surface area contributed by atoms with E-state index in [0.29, 0.717) is 11.8 Å². The monoisotopic (exact) mass is 853 g/mol. The first-order chi connectivity index (χ1) is 32.6. The molecule has 1 heteroatoms. The lowest BCUT2D eigenvalue weighted by molar-refractivity contribution is 0.550. The summed E-state index contributed by atoms with van der Waals surface area (Å²) in [6.07, 6.45) is 26.4. The normalized spacial score (nSPS) is 16.2. The quantitative estimate of drug-likeness (QED) is 0.112. The predicted octanol–water partition coefficient (Wildman–Crippen LogP) is 18.1. The summed E-state index contributed by atoms with van der Waals surface area (Å²) >= 11 is 0. The van der Waals surface area contributed by atoms with Gasteiger partial charge in [0.1, 0.15) is 0 Å². The molecule has 2 unspecified atom stereocenters. The van der Waals surface area contributed by atoms with Crippen LogP contribution in [0.4, 0.5) is 17.1 Å². The average Bonchev–Trinajstić information content (AvgIpc) is 3.39. The van der Waals surface area contributed by atoms with E-state index in [9.17, 15) is 0 Å². The van der Waals surface area contributed by atoms with E-state index >= 15 is 0 Å². The molecular formula is C65H59N. The Hall–Kier alpha value is -7.22. The smallest absolute Gasteiger partial charge is 0.0462 e. The third-order valence-corrected chi connectivity index (χ3v) is 14.0. The number of hydrogen-bond donors (Lipinski definition) is 0. The minimum absolute atomic E-state index is 0.330. The maximum absolute atomic E-state index is 2.46. The fourth-order valence-electron chi connectivity index (χ4n) is 10.3. The van der Waals surface area contributed by atoms with E-state index in [1.54, 1.807) is 5.57 Å². The second kappa shape index (κ2) is 19.9. The van der Waals surface area contributed by atoms with E-state index in [1.165, 1.54) is 72.4 Å². The van der Waals surface area contributed by atoms with E-state index in [1.807, 2.05) is 0 Å². The van der Waals surface area contributed by atoms with Gasteiger partial charge in [0.25, 0.3) is 0 Å². The zero-order valence-corrected chi connectivity index (χ0v) is 38.4. The highest BCUT2D eigenvalue weighted by atomic mass is 15.1. The van der Waals surface area contributed by atoms with E-state index in [2.05, 4.69) is 243 Å². The number of anilines is 3. The molecule has 10 rings (SSSR count). The van der Waals surface area contributed by atoms with Gasteiger partial charge in [0.05, 0.1) is 0 Å². The second-order valence-corrected chi connectivity index (χ2v) is 18.1. The largest absolute Gasteiger partial charge is 0.311 e. The molecule has 0 aliphatic heterocycles. The highest BCUT2D eigenvalue weighted by Gasteiger charge is 2.22. The molecule has 0 bridgehead atoms. The Kier molecular flexibility index (Phi) is 12.9. The lowest BCUT2D eigenvalue weighted by Crippen LogP contribution is -2.09. The van der Waals surface area contributed by atoms with Crippen molar-refractivity contribution in [1.29, 1.82) is 0 Å². The molecule has 3 aliphatic carbocycles. The van der Waals surface area contributed by atoms with E-state index < -0.39 is 0 Å². The van der Waals surface area contributed by atoms with Crippen LogP contribution in [-0.4, -0.2) is 0 Å². The zero-order valence-electron chi connectivity index (χ0n) is 38.4. The van der Waals surface area contributed by atoms with Crippen molar-refractivity contribution in [2.45, 2.75) is 64.7 Å². The van der Waals surface area contributed by atoms with Crippen LogP contribution >= 0.6 is 0 Å². The zero-order chi connectivity index (χ0) is 44.7. The summed E-state index contributed by atoms with van der Waals surface area (Å²) in [4.78, 5) is 2.35. The van der Waals surface area contributed by atoms with Crippen LogP contribution in [0.1, 0.15) is 91.7 Å². The van der Waals surface area contributed by atoms with Crippen molar-refractivity contribution in [3.8, 4) is 22.3 Å². The Bertz CT molecular complexity index is 2970. The van der Waals surface area contributed by atoms with Crippen molar-refractivity contribution in [2.24, 2.45) is 5.92 Å². The van der Waals surface area contributed by atoms with Gasteiger partial charge in [0, 0.05) is 23.0 Å². The standard InChI is InChI=1S/C65H59N/c1-3-14-56-44-60(33-27-48(56)4-2)51-28-31-55(32-29-51)65(54-16-7-5-8-17-54)43-47-23-25-50(26-24-47)58-19-13-20-59(45-58)52-35-39-63(40-36-52)66(62-21-9-6-10-22-62)64-41-37-53(38-42-64)61-34-30-49-15-11-12-18-57(49)46-61/h3,5-10,12-14,16-23,25-26,28-32,34-42,44-47,65H,4,11,15,24,27,33,43H2,1-2H3/b14-3-. The highest BCUT2D eigenvalue weighted by Crippen LogP contribution is 2.40. The molecule has 0 radical (unpaired) electrons. The van der Waals surface area contributed by atoms with Crippen LogP contribution in [0.2, 0.25) is 0 Å². The van der Waals surface area contributed by atoms with Crippen LogP contribution in [-0.2, 0) is 6.42 Å². The summed E-state index contributed by atoms with van der Waals surface area (Å²) < 4.78 is 0. The topological polar surface area (TPSA) is 3.24 Å². The Morgan fingerprint density at radius 1 is 0.576 bits per heavy atom. The maximum atomic E-state index is 2.46. The molecule has 3 aliphatic rings. The average molecular weight is 854 g/mol. The van der Waals surface area contributed by atoms with Gasteiger partial charge in [0.2, 0.25) is 0 Å². The van der Waals surface area contributed by atoms with Crippen molar-refractivity contribution >= 4 is 34.3 Å². The number of aryl methyl sites for hydroxylation is 1. The highest BCUT2D eigenvalue weighted by molar-refractivity contribution is 5.82. The molecule has 0 amide bonds. The number of rotatable bonds is 13. The molecule has 0 spiro atoms. The first-order valence-electron chi connectivity index (χ1n) is 24.1. The first kappa shape index (κ1) is 42.7. The number of nitrogens with zero attached hydrogens (tertiary/aromatic N) is 1. The summed E-state index contributed by atoms with van der Waals surface area (Å²) in [5, 5.41) is 0. The molecule has 7 aromatic carbocycles. The molecular weight excluding hydrogens is 795 g/mol. The van der Waals surface area contributed by atoms with Crippen LogP contribution in [0.5, 0.6) is 0 Å². The number of fused-ring (bicyclic) bond motifs is 1. The molecule has 0 heterocycles. The molecule has 1 nitrogen and oxygen atoms in total. The van der Waals surface area contributed by atoms with Crippen LogP contribution in [0.15, 0.2) is 230 Å². The lowest BCUT2D eigenvalue weighted by Gasteiger charge is -2.26. The third kappa shape index (κ3) is 9.44. The van der Waals surface area contributed by atoms with Gasteiger partial charge in [0.15, 0.2) is 0 Å². The van der Waals surface area contributed by atoms with Gasteiger partial charge in [-0.3, -0.25) is 0 Å². The molecule has 66 heavy (non-hydrogen) atoms. The van der Waals surface area contributed by atoms with Gasteiger partial charge in [-0.15, -0.1) is 0 Å². The lowest BCUT2D eigenvalue weighted by atomic mass is 9.80. The Morgan fingerprint density at radius 3 is 1.89 bits per heavy atom. The van der Waals surface area contributed by atoms with Crippen LogP contribution in [0.3, 0.4) is 0 Å². The maximum Gasteiger partial charge on any atom is 0.0462 e. The SMILES string of the molecule is C/C=C\C1=C(CC)CCC(c2ccc(C(CC3C=CC(c4cccc(-c5ccc(N(c6ccccc6)c6ccc(-c7ccc8c(c7)C=CCC8)cc6)cc5)c4)=CC3)c3ccccc3)cc2)=C1. The Morgan fingerprint density at radius 2 is 1.21 bits per heavy atom. The van der Waals surface area contributed by atoms with Crippen LogP contribution < -0.4 is 4.90 Å². The fourth-order valence-corrected chi connectivity index (χ4v) is 10.3. The van der Waals surface area contributed by atoms with Gasteiger partial charge in [-0.05, 0) is 179 Å². The van der Waals surface area contributed by atoms with E-state index in [0.717, 1.165) is 62.0 Å². The number of para-hydroxylation sites is 1. The minimum Gasteiger partial charge on any atom is -0.311 e. The summed E-state index contributed by atoms with van der Waals surface area (Å²) in [6.45, 7) is 4.40. The van der Waals surface area contributed by atoms with Crippen LogP contribution in [0.25, 0.3) is 39.5 Å². The molecule has 0 fully saturated rings. The Balaban J connectivity index is 0.840. The van der Waals surface area contributed by atoms with Gasteiger partial charge >= 0.3 is 0 Å². The number of hydrogen-bond acceptors (Lipinski definition) is 1. The summed E-state index contributed by atoms with van der Waals surface area (Å²) in [7, 11) is 0. The Labute approximate surface area is 393 Å². The number of allylic oxidation sites excluding steroid dienone is 11. The molecule has 7 aromatic rings.